The van der Waals surface area contributed by atoms with Crippen molar-refractivity contribution in [2.75, 3.05) is 13.7 Å². The largest absolute Gasteiger partial charge is 0.497 e. The molecule has 0 aliphatic rings. The number of alkyl halides is 3. The summed E-state index contributed by atoms with van der Waals surface area (Å²) in [5, 5.41) is 10.7. The zero-order valence-corrected chi connectivity index (χ0v) is 10.6. The molecule has 1 atom stereocenters. The summed E-state index contributed by atoms with van der Waals surface area (Å²) in [5.74, 6) is -0.129. The van der Waals surface area contributed by atoms with Crippen LogP contribution >= 0.6 is 0 Å². The number of nitrogens with one attached hydrogen (secondary N) is 1. The van der Waals surface area contributed by atoms with E-state index in [0.29, 0.717) is 11.3 Å². The lowest BCUT2D eigenvalue weighted by Crippen LogP contribution is -2.40. The molecule has 0 heterocycles. The Hall–Kier alpha value is -2.02. The predicted molar refractivity (Wildman–Crippen MR) is 67.1 cm³/mol. The molecule has 0 saturated carbocycles. The first-order chi connectivity index (χ1) is 9.32. The summed E-state index contributed by atoms with van der Waals surface area (Å²) in [6.45, 7) is -0.884. The molecule has 0 aliphatic heterocycles. The zero-order chi connectivity index (χ0) is 15.2. The Morgan fingerprint density at radius 1 is 1.50 bits per heavy atom. The Bertz CT molecular complexity index is 486. The van der Waals surface area contributed by atoms with E-state index in [4.69, 9.17) is 9.84 Å². The van der Waals surface area contributed by atoms with E-state index >= 15 is 0 Å². The lowest BCUT2D eigenvalue weighted by atomic mass is 10.2. The number of benzene rings is 1. The number of aliphatic hydroxyl groups excluding tert-OH is 1. The van der Waals surface area contributed by atoms with Gasteiger partial charge in [0.25, 0.3) is 0 Å². The highest BCUT2D eigenvalue weighted by Crippen LogP contribution is 2.19. The molecule has 1 aromatic rings. The molecule has 0 aromatic heterocycles. The van der Waals surface area contributed by atoms with Gasteiger partial charge in [-0.2, -0.15) is 13.2 Å². The summed E-state index contributed by atoms with van der Waals surface area (Å²) in [4.78, 5) is 11.3. The molecular formula is C13H14F3NO3. The van der Waals surface area contributed by atoms with Crippen molar-refractivity contribution in [2.45, 2.75) is 12.3 Å². The molecular weight excluding hydrogens is 275 g/mol. The minimum absolute atomic E-state index is 0.597. The van der Waals surface area contributed by atoms with Gasteiger partial charge in [-0.15, -0.1) is 0 Å². The maximum atomic E-state index is 12.0. The summed E-state index contributed by atoms with van der Waals surface area (Å²) in [7, 11) is 1.49. The zero-order valence-electron chi connectivity index (χ0n) is 10.6. The molecule has 1 aromatic carbocycles. The number of hydrogen-bond donors (Lipinski definition) is 2. The number of carbonyl (C=O) groups excluding carboxylic acids is 1. The molecule has 0 spiro atoms. The van der Waals surface area contributed by atoms with Crippen LogP contribution in [-0.4, -0.2) is 36.9 Å². The second-order valence-electron chi connectivity index (χ2n) is 3.91. The molecule has 0 aliphatic carbocycles. The standard InChI is InChI=1S/C13H14F3NO3/c1-20-10-4-2-3-9(7-10)5-6-12(19)17-8-11(18)13(14,15)16/h2-7,11,18H,8H2,1H3,(H,17,19)/b6-5+. The average Bonchev–Trinajstić information content (AvgIpc) is 2.41. The summed E-state index contributed by atoms with van der Waals surface area (Å²) >= 11 is 0. The number of methoxy groups -OCH3 is 1. The molecule has 0 saturated heterocycles. The summed E-state index contributed by atoms with van der Waals surface area (Å²) < 4.78 is 41.0. The molecule has 110 valence electrons. The van der Waals surface area contributed by atoms with E-state index in [1.54, 1.807) is 24.3 Å². The molecule has 20 heavy (non-hydrogen) atoms. The van der Waals surface area contributed by atoms with Crippen LogP contribution in [0.1, 0.15) is 5.56 Å². The van der Waals surface area contributed by atoms with Gasteiger partial charge in [0.15, 0.2) is 6.10 Å². The molecule has 4 nitrogen and oxygen atoms in total. The molecule has 0 fully saturated rings. The van der Waals surface area contributed by atoms with Crippen LogP contribution in [0.2, 0.25) is 0 Å². The van der Waals surface area contributed by atoms with Gasteiger partial charge in [-0.25, -0.2) is 0 Å². The monoisotopic (exact) mass is 289 g/mol. The maximum Gasteiger partial charge on any atom is 0.416 e. The van der Waals surface area contributed by atoms with Crippen LogP contribution < -0.4 is 10.1 Å². The van der Waals surface area contributed by atoms with Gasteiger partial charge in [-0.1, -0.05) is 12.1 Å². The Kier molecular flexibility index (Phi) is 5.57. The van der Waals surface area contributed by atoms with E-state index in [9.17, 15) is 18.0 Å². The SMILES string of the molecule is COc1cccc(/C=C/C(=O)NCC(O)C(F)(F)F)c1. The van der Waals surface area contributed by atoms with Crippen molar-refractivity contribution >= 4 is 12.0 Å². The molecule has 0 radical (unpaired) electrons. The first-order valence-electron chi connectivity index (χ1n) is 5.67. The Morgan fingerprint density at radius 3 is 2.80 bits per heavy atom. The van der Waals surface area contributed by atoms with E-state index in [-0.39, 0.29) is 0 Å². The van der Waals surface area contributed by atoms with Crippen LogP contribution in [0, 0.1) is 0 Å². The fourth-order valence-corrected chi connectivity index (χ4v) is 1.29. The first kappa shape index (κ1) is 16.0. The minimum atomic E-state index is -4.75. The van der Waals surface area contributed by atoms with Crippen molar-refractivity contribution in [1.29, 1.82) is 0 Å². The van der Waals surface area contributed by atoms with Crippen molar-refractivity contribution in [3.63, 3.8) is 0 Å². The Labute approximate surface area is 113 Å². The highest BCUT2D eigenvalue weighted by atomic mass is 19.4. The molecule has 1 amide bonds. The first-order valence-corrected chi connectivity index (χ1v) is 5.67. The third-order valence-corrected chi connectivity index (χ3v) is 2.37. The maximum absolute atomic E-state index is 12.0. The van der Waals surface area contributed by atoms with Gasteiger partial charge in [0.2, 0.25) is 5.91 Å². The van der Waals surface area contributed by atoms with Gasteiger partial charge >= 0.3 is 6.18 Å². The van der Waals surface area contributed by atoms with Gasteiger partial charge in [-0.3, -0.25) is 4.79 Å². The average molecular weight is 289 g/mol. The van der Waals surface area contributed by atoms with Crippen molar-refractivity contribution < 1.29 is 27.8 Å². The third-order valence-electron chi connectivity index (χ3n) is 2.37. The number of aliphatic hydroxyl groups is 1. The third kappa shape index (κ3) is 5.31. The number of halogens is 3. The predicted octanol–water partition coefficient (Wildman–Crippen LogP) is 1.75. The van der Waals surface area contributed by atoms with Crippen LogP contribution in [-0.2, 0) is 4.79 Å². The van der Waals surface area contributed by atoms with Crippen LogP contribution in [0.5, 0.6) is 5.75 Å². The van der Waals surface area contributed by atoms with Crippen LogP contribution in [0.15, 0.2) is 30.3 Å². The van der Waals surface area contributed by atoms with Gasteiger partial charge in [0.1, 0.15) is 5.75 Å². The topological polar surface area (TPSA) is 58.6 Å². The van der Waals surface area contributed by atoms with Crippen LogP contribution in [0.3, 0.4) is 0 Å². The fraction of sp³-hybridized carbons (Fsp3) is 0.308. The molecule has 0 bridgehead atoms. The summed E-state index contributed by atoms with van der Waals surface area (Å²) in [6.07, 6.45) is -4.81. The summed E-state index contributed by atoms with van der Waals surface area (Å²) in [6, 6.07) is 6.80. The second-order valence-corrected chi connectivity index (χ2v) is 3.91. The normalized spacial score (nSPS) is 13.2. The quantitative estimate of drug-likeness (QED) is 0.812. The van der Waals surface area contributed by atoms with E-state index in [1.165, 1.54) is 13.2 Å². The van der Waals surface area contributed by atoms with Crippen molar-refractivity contribution in [3.05, 3.63) is 35.9 Å². The second kappa shape index (κ2) is 6.95. The van der Waals surface area contributed by atoms with Crippen LogP contribution in [0.25, 0.3) is 6.08 Å². The van der Waals surface area contributed by atoms with Crippen molar-refractivity contribution in [1.82, 2.24) is 5.32 Å². The molecule has 2 N–H and O–H groups in total. The minimum Gasteiger partial charge on any atom is -0.497 e. The highest BCUT2D eigenvalue weighted by Gasteiger charge is 2.37. The van der Waals surface area contributed by atoms with Gasteiger partial charge in [0.05, 0.1) is 13.7 Å². The number of ether oxygens (including phenoxy) is 1. The fourth-order valence-electron chi connectivity index (χ4n) is 1.29. The summed E-state index contributed by atoms with van der Waals surface area (Å²) in [5.41, 5.74) is 0.663. The van der Waals surface area contributed by atoms with E-state index in [1.807, 2.05) is 5.32 Å². The number of amides is 1. The highest BCUT2D eigenvalue weighted by molar-refractivity contribution is 5.91. The van der Waals surface area contributed by atoms with Crippen molar-refractivity contribution in [3.8, 4) is 5.75 Å². The number of hydrogen-bond acceptors (Lipinski definition) is 3. The van der Waals surface area contributed by atoms with E-state index in [2.05, 4.69) is 0 Å². The van der Waals surface area contributed by atoms with E-state index < -0.39 is 24.7 Å². The van der Waals surface area contributed by atoms with Crippen molar-refractivity contribution in [2.24, 2.45) is 0 Å². The van der Waals surface area contributed by atoms with Gasteiger partial charge < -0.3 is 15.2 Å². The van der Waals surface area contributed by atoms with Gasteiger partial charge in [0, 0.05) is 6.08 Å². The Morgan fingerprint density at radius 2 is 2.20 bits per heavy atom. The van der Waals surface area contributed by atoms with Gasteiger partial charge in [-0.05, 0) is 23.8 Å². The lowest BCUT2D eigenvalue weighted by molar-refractivity contribution is -0.201. The smallest absolute Gasteiger partial charge is 0.416 e. The van der Waals surface area contributed by atoms with E-state index in [0.717, 1.165) is 6.08 Å². The number of rotatable bonds is 5. The number of carbonyl (C=O) groups is 1. The Balaban J connectivity index is 2.51. The molecule has 1 unspecified atom stereocenters. The van der Waals surface area contributed by atoms with Crippen LogP contribution in [0.4, 0.5) is 13.2 Å². The molecule has 7 heteroatoms. The molecule has 1 rings (SSSR count). The lowest BCUT2D eigenvalue weighted by Gasteiger charge is -2.14.